The van der Waals surface area contributed by atoms with Crippen molar-refractivity contribution in [3.8, 4) is 5.75 Å². The summed E-state index contributed by atoms with van der Waals surface area (Å²) in [4.78, 5) is 13.7. The predicted octanol–water partition coefficient (Wildman–Crippen LogP) is 2.53. The molecule has 0 aromatic heterocycles. The van der Waals surface area contributed by atoms with E-state index >= 15 is 0 Å². The van der Waals surface area contributed by atoms with Gasteiger partial charge in [0.1, 0.15) is 18.2 Å². The summed E-state index contributed by atoms with van der Waals surface area (Å²) in [5.41, 5.74) is 0.705. The molecule has 2 amide bonds. The van der Waals surface area contributed by atoms with Crippen molar-refractivity contribution in [3.63, 3.8) is 0 Å². The topological polar surface area (TPSA) is 41.6 Å². The number of nitrogens with zero attached hydrogens (tertiary/aromatic N) is 1. The van der Waals surface area contributed by atoms with E-state index in [1.807, 2.05) is 13.8 Å². The Morgan fingerprint density at radius 1 is 1.58 bits per heavy atom. The number of rotatable bonds is 2. The highest BCUT2D eigenvalue weighted by molar-refractivity contribution is 5.74. The Kier molecular flexibility index (Phi) is 4.24. The Labute approximate surface area is 112 Å². The molecular weight excluding hydrogens is 247 g/mol. The number of ether oxygens (including phenoxy) is 1. The molecule has 5 heteroatoms. The molecule has 1 unspecified atom stereocenters. The molecule has 1 aromatic carbocycles. The number of halogens is 1. The van der Waals surface area contributed by atoms with Gasteiger partial charge in [-0.25, -0.2) is 9.18 Å². The van der Waals surface area contributed by atoms with Gasteiger partial charge in [-0.2, -0.15) is 0 Å². The van der Waals surface area contributed by atoms with Crippen molar-refractivity contribution in [3.05, 3.63) is 29.6 Å². The maximum atomic E-state index is 13.2. The second-order valence-corrected chi connectivity index (χ2v) is 4.78. The molecule has 19 heavy (non-hydrogen) atoms. The molecule has 2 rings (SSSR count). The van der Waals surface area contributed by atoms with E-state index in [1.54, 1.807) is 11.0 Å². The molecule has 1 aliphatic heterocycles. The van der Waals surface area contributed by atoms with E-state index < -0.39 is 0 Å². The fraction of sp³-hybridized carbons (Fsp3) is 0.500. The number of fused-ring (bicyclic) bond motifs is 1. The summed E-state index contributed by atoms with van der Waals surface area (Å²) in [6.07, 6.45) is 0.876. The Morgan fingerprint density at radius 2 is 2.37 bits per heavy atom. The normalized spacial score (nSPS) is 16.1. The molecular formula is C14H19FN2O2. The monoisotopic (exact) mass is 266 g/mol. The Balaban J connectivity index is 2.10. The molecule has 1 heterocycles. The third-order valence-electron chi connectivity index (χ3n) is 3.27. The van der Waals surface area contributed by atoms with Crippen LogP contribution in [0, 0.1) is 5.82 Å². The van der Waals surface area contributed by atoms with E-state index in [4.69, 9.17) is 4.74 Å². The van der Waals surface area contributed by atoms with Crippen LogP contribution in [0.1, 0.15) is 25.8 Å². The van der Waals surface area contributed by atoms with Crippen LogP contribution in [0.25, 0.3) is 0 Å². The molecule has 1 aliphatic rings. The zero-order valence-corrected chi connectivity index (χ0v) is 11.3. The summed E-state index contributed by atoms with van der Waals surface area (Å²) in [5.74, 6) is 0.340. The SMILES string of the molecule is CCC(C)NC(=O)N1CCOc2ccc(F)cc2C1. The molecule has 104 valence electrons. The highest BCUT2D eigenvalue weighted by atomic mass is 19.1. The van der Waals surface area contributed by atoms with Crippen molar-refractivity contribution in [2.24, 2.45) is 0 Å². The molecule has 1 N–H and O–H groups in total. The summed E-state index contributed by atoms with van der Waals surface area (Å²) in [5, 5.41) is 2.91. The summed E-state index contributed by atoms with van der Waals surface area (Å²) in [7, 11) is 0. The van der Waals surface area contributed by atoms with Gasteiger partial charge in [-0.1, -0.05) is 6.92 Å². The zero-order valence-electron chi connectivity index (χ0n) is 11.3. The van der Waals surface area contributed by atoms with Crippen molar-refractivity contribution in [2.45, 2.75) is 32.9 Å². The summed E-state index contributed by atoms with van der Waals surface area (Å²) in [6.45, 7) is 5.27. The third-order valence-corrected chi connectivity index (χ3v) is 3.27. The number of hydrogen-bond acceptors (Lipinski definition) is 2. The van der Waals surface area contributed by atoms with E-state index in [9.17, 15) is 9.18 Å². The maximum Gasteiger partial charge on any atom is 0.318 e. The molecule has 0 saturated heterocycles. The minimum atomic E-state index is -0.313. The van der Waals surface area contributed by atoms with Crippen LogP contribution in [0.2, 0.25) is 0 Å². The molecule has 0 aliphatic carbocycles. The minimum absolute atomic E-state index is 0.128. The van der Waals surface area contributed by atoms with Crippen molar-refractivity contribution in [1.29, 1.82) is 0 Å². The van der Waals surface area contributed by atoms with Crippen LogP contribution in [0.4, 0.5) is 9.18 Å². The first kappa shape index (κ1) is 13.6. The van der Waals surface area contributed by atoms with Crippen LogP contribution in [0.15, 0.2) is 18.2 Å². The van der Waals surface area contributed by atoms with Gasteiger partial charge < -0.3 is 15.0 Å². The lowest BCUT2D eigenvalue weighted by Crippen LogP contribution is -2.44. The van der Waals surface area contributed by atoms with E-state index in [0.29, 0.717) is 31.0 Å². The molecule has 4 nitrogen and oxygen atoms in total. The fourth-order valence-corrected chi connectivity index (χ4v) is 1.94. The molecule has 0 saturated carbocycles. The number of hydrogen-bond donors (Lipinski definition) is 1. The molecule has 1 atom stereocenters. The fourth-order valence-electron chi connectivity index (χ4n) is 1.94. The van der Waals surface area contributed by atoms with Crippen LogP contribution in [-0.4, -0.2) is 30.1 Å². The van der Waals surface area contributed by atoms with Crippen LogP contribution >= 0.6 is 0 Å². The van der Waals surface area contributed by atoms with Gasteiger partial charge in [-0.15, -0.1) is 0 Å². The standard InChI is InChI=1S/C14H19FN2O2/c1-3-10(2)16-14(18)17-6-7-19-13-5-4-12(15)8-11(13)9-17/h4-5,8,10H,3,6-7,9H2,1-2H3,(H,16,18). The Morgan fingerprint density at radius 3 is 3.11 bits per heavy atom. The summed E-state index contributed by atoms with van der Waals surface area (Å²) < 4.78 is 18.8. The number of urea groups is 1. The highest BCUT2D eigenvalue weighted by Gasteiger charge is 2.20. The first-order valence-corrected chi connectivity index (χ1v) is 6.56. The first-order chi connectivity index (χ1) is 9.10. The smallest absolute Gasteiger partial charge is 0.318 e. The zero-order chi connectivity index (χ0) is 13.8. The third kappa shape index (κ3) is 3.36. The Bertz CT molecular complexity index is 465. The minimum Gasteiger partial charge on any atom is -0.491 e. The average molecular weight is 266 g/mol. The average Bonchev–Trinajstić information content (AvgIpc) is 2.60. The van der Waals surface area contributed by atoms with E-state index in [-0.39, 0.29) is 17.9 Å². The van der Waals surface area contributed by atoms with Crippen LogP contribution < -0.4 is 10.1 Å². The number of nitrogens with one attached hydrogen (secondary N) is 1. The van der Waals surface area contributed by atoms with Crippen LogP contribution in [-0.2, 0) is 6.54 Å². The van der Waals surface area contributed by atoms with E-state index in [2.05, 4.69) is 5.32 Å². The van der Waals surface area contributed by atoms with Gasteiger partial charge in [0, 0.05) is 11.6 Å². The van der Waals surface area contributed by atoms with Crippen molar-refractivity contribution in [1.82, 2.24) is 10.2 Å². The molecule has 0 spiro atoms. The molecule has 1 aromatic rings. The van der Waals surface area contributed by atoms with Gasteiger partial charge in [0.05, 0.1) is 13.1 Å². The van der Waals surface area contributed by atoms with Gasteiger partial charge in [-0.05, 0) is 31.5 Å². The van der Waals surface area contributed by atoms with Gasteiger partial charge in [-0.3, -0.25) is 0 Å². The first-order valence-electron chi connectivity index (χ1n) is 6.56. The van der Waals surface area contributed by atoms with Crippen LogP contribution in [0.3, 0.4) is 0 Å². The molecule has 0 radical (unpaired) electrons. The maximum absolute atomic E-state index is 13.2. The Hall–Kier alpha value is -1.78. The number of carbonyl (C=O) groups is 1. The van der Waals surface area contributed by atoms with Crippen molar-refractivity contribution in [2.75, 3.05) is 13.2 Å². The van der Waals surface area contributed by atoms with Crippen molar-refractivity contribution >= 4 is 6.03 Å². The van der Waals surface area contributed by atoms with E-state index in [1.165, 1.54) is 12.1 Å². The largest absolute Gasteiger partial charge is 0.491 e. The second kappa shape index (κ2) is 5.91. The van der Waals surface area contributed by atoms with Gasteiger partial charge in [0.15, 0.2) is 0 Å². The lowest BCUT2D eigenvalue weighted by Gasteiger charge is -2.22. The number of amides is 2. The predicted molar refractivity (Wildman–Crippen MR) is 70.6 cm³/mol. The van der Waals surface area contributed by atoms with Gasteiger partial charge in [0.2, 0.25) is 0 Å². The quantitative estimate of drug-likeness (QED) is 0.893. The summed E-state index contributed by atoms with van der Waals surface area (Å²) in [6, 6.07) is 4.40. The molecule has 0 bridgehead atoms. The van der Waals surface area contributed by atoms with Crippen molar-refractivity contribution < 1.29 is 13.9 Å². The molecule has 0 fully saturated rings. The van der Waals surface area contributed by atoms with E-state index in [0.717, 1.165) is 6.42 Å². The second-order valence-electron chi connectivity index (χ2n) is 4.78. The lowest BCUT2D eigenvalue weighted by molar-refractivity contribution is 0.184. The highest BCUT2D eigenvalue weighted by Crippen LogP contribution is 2.23. The van der Waals surface area contributed by atoms with Gasteiger partial charge >= 0.3 is 6.03 Å². The van der Waals surface area contributed by atoms with Gasteiger partial charge in [0.25, 0.3) is 0 Å². The lowest BCUT2D eigenvalue weighted by atomic mass is 10.2. The number of benzene rings is 1. The summed E-state index contributed by atoms with van der Waals surface area (Å²) >= 11 is 0. The van der Waals surface area contributed by atoms with Crippen LogP contribution in [0.5, 0.6) is 5.75 Å². The number of carbonyl (C=O) groups excluding carboxylic acids is 1.